The maximum Gasteiger partial charge on any atom is 0.282 e. The van der Waals surface area contributed by atoms with Gasteiger partial charge in [-0.1, -0.05) is 67.6 Å². The average Bonchev–Trinajstić information content (AvgIpc) is 3.14. The Balaban J connectivity index is 1.41. The molecule has 0 radical (unpaired) electrons. The number of rotatable bonds is 6. The molecule has 2 heterocycles. The van der Waals surface area contributed by atoms with E-state index in [2.05, 4.69) is 11.8 Å². The second kappa shape index (κ2) is 9.56. The lowest BCUT2D eigenvalue weighted by atomic mass is 9.97. The number of imide groups is 1. The molecule has 2 amide bonds. The molecule has 1 fully saturated rings. The van der Waals surface area contributed by atoms with Crippen molar-refractivity contribution in [1.82, 2.24) is 4.90 Å². The van der Waals surface area contributed by atoms with Gasteiger partial charge in [-0.25, -0.2) is 4.90 Å². The van der Waals surface area contributed by atoms with E-state index in [9.17, 15) is 9.59 Å². The van der Waals surface area contributed by atoms with Gasteiger partial charge < -0.3 is 9.64 Å². The van der Waals surface area contributed by atoms with Gasteiger partial charge in [0, 0.05) is 13.1 Å². The van der Waals surface area contributed by atoms with Gasteiger partial charge in [0.1, 0.15) is 18.1 Å². The molecule has 3 aromatic carbocycles. The third kappa shape index (κ3) is 4.34. The molecule has 0 unspecified atom stereocenters. The van der Waals surface area contributed by atoms with Crippen LogP contribution in [0.1, 0.15) is 30.9 Å². The molecule has 2 aliphatic heterocycles. The first-order valence-corrected chi connectivity index (χ1v) is 11.8. The zero-order valence-corrected chi connectivity index (χ0v) is 19.3. The molecule has 5 nitrogen and oxygen atoms in total. The SMILES string of the molecule is CC1CCN(C2=C(c3ccccc3)C(=O)N(c3ccc(OCc4ccccc4)cc3)C2=O)CC1. The van der Waals surface area contributed by atoms with Crippen molar-refractivity contribution in [1.29, 1.82) is 0 Å². The van der Waals surface area contributed by atoms with Crippen LogP contribution in [0.25, 0.3) is 5.57 Å². The van der Waals surface area contributed by atoms with Crippen molar-refractivity contribution >= 4 is 23.1 Å². The van der Waals surface area contributed by atoms with Gasteiger partial charge in [-0.05, 0) is 54.2 Å². The molecule has 0 aliphatic carbocycles. The molecule has 5 heteroatoms. The van der Waals surface area contributed by atoms with Crippen LogP contribution >= 0.6 is 0 Å². The summed E-state index contributed by atoms with van der Waals surface area (Å²) >= 11 is 0. The summed E-state index contributed by atoms with van der Waals surface area (Å²) in [6, 6.07) is 26.6. The second-order valence-corrected chi connectivity index (χ2v) is 8.97. The first-order chi connectivity index (χ1) is 16.6. The number of ether oxygens (including phenoxy) is 1. The van der Waals surface area contributed by atoms with Gasteiger partial charge in [-0.3, -0.25) is 9.59 Å². The van der Waals surface area contributed by atoms with Crippen molar-refractivity contribution in [3.63, 3.8) is 0 Å². The highest BCUT2D eigenvalue weighted by molar-refractivity contribution is 6.45. The number of likely N-dealkylation sites (tertiary alicyclic amines) is 1. The number of hydrogen-bond acceptors (Lipinski definition) is 4. The van der Waals surface area contributed by atoms with E-state index >= 15 is 0 Å². The van der Waals surface area contributed by atoms with Crippen LogP contribution in [0.2, 0.25) is 0 Å². The lowest BCUT2D eigenvalue weighted by molar-refractivity contribution is -0.120. The second-order valence-electron chi connectivity index (χ2n) is 8.97. The Morgan fingerprint density at radius 3 is 2.06 bits per heavy atom. The molecule has 0 saturated carbocycles. The van der Waals surface area contributed by atoms with E-state index in [1.165, 1.54) is 4.90 Å². The van der Waals surface area contributed by atoms with Crippen LogP contribution in [-0.4, -0.2) is 29.8 Å². The Morgan fingerprint density at radius 1 is 0.794 bits per heavy atom. The molecule has 0 N–H and O–H groups in total. The average molecular weight is 453 g/mol. The lowest BCUT2D eigenvalue weighted by Gasteiger charge is -2.32. The number of anilines is 1. The van der Waals surface area contributed by atoms with Crippen molar-refractivity contribution in [3.05, 3.63) is 102 Å². The molecule has 172 valence electrons. The topological polar surface area (TPSA) is 49.9 Å². The van der Waals surface area contributed by atoms with Gasteiger partial charge in [0.25, 0.3) is 11.8 Å². The maximum absolute atomic E-state index is 13.7. The van der Waals surface area contributed by atoms with E-state index in [1.807, 2.05) is 72.8 Å². The van der Waals surface area contributed by atoms with Crippen molar-refractivity contribution in [2.24, 2.45) is 5.92 Å². The summed E-state index contributed by atoms with van der Waals surface area (Å²) in [5.74, 6) is 0.788. The number of carbonyl (C=O) groups excluding carboxylic acids is 2. The third-order valence-corrected chi connectivity index (χ3v) is 6.56. The van der Waals surface area contributed by atoms with Crippen molar-refractivity contribution < 1.29 is 14.3 Å². The molecule has 0 aromatic heterocycles. The largest absolute Gasteiger partial charge is 0.489 e. The Labute approximate surface area is 200 Å². The number of carbonyl (C=O) groups is 2. The lowest BCUT2D eigenvalue weighted by Crippen LogP contribution is -2.38. The zero-order chi connectivity index (χ0) is 23.5. The molecule has 1 saturated heterocycles. The quantitative estimate of drug-likeness (QED) is 0.478. The minimum absolute atomic E-state index is 0.253. The predicted molar refractivity (Wildman–Crippen MR) is 133 cm³/mol. The summed E-state index contributed by atoms with van der Waals surface area (Å²) in [5.41, 5.74) is 3.42. The smallest absolute Gasteiger partial charge is 0.282 e. The van der Waals surface area contributed by atoms with Gasteiger partial charge >= 0.3 is 0 Å². The number of piperidine rings is 1. The molecule has 0 bridgehead atoms. The molecular weight excluding hydrogens is 424 g/mol. The highest BCUT2D eigenvalue weighted by Crippen LogP contribution is 2.36. The van der Waals surface area contributed by atoms with E-state index in [4.69, 9.17) is 4.74 Å². The molecule has 5 rings (SSSR count). The normalized spacial score (nSPS) is 17.0. The Kier molecular flexibility index (Phi) is 6.17. The Hall–Kier alpha value is -3.86. The maximum atomic E-state index is 13.7. The Bertz CT molecular complexity index is 1200. The van der Waals surface area contributed by atoms with Crippen LogP contribution in [0.3, 0.4) is 0 Å². The molecule has 34 heavy (non-hydrogen) atoms. The summed E-state index contributed by atoms with van der Waals surface area (Å²) in [5, 5.41) is 0. The van der Waals surface area contributed by atoms with Crippen LogP contribution in [0, 0.1) is 5.92 Å². The van der Waals surface area contributed by atoms with Crippen LogP contribution in [0.4, 0.5) is 5.69 Å². The number of amides is 2. The van der Waals surface area contributed by atoms with Gasteiger partial charge in [0.2, 0.25) is 0 Å². The van der Waals surface area contributed by atoms with E-state index in [0.717, 1.165) is 37.1 Å². The first kappa shape index (κ1) is 22.0. The standard InChI is InChI=1S/C29H28N2O3/c1-21-16-18-30(19-17-21)27-26(23-10-6-3-7-11-23)28(32)31(29(27)33)24-12-14-25(15-13-24)34-20-22-8-4-2-5-9-22/h2-15,21H,16-20H2,1H3. The Morgan fingerprint density at radius 2 is 1.41 bits per heavy atom. The molecule has 2 aliphatic rings. The molecule has 3 aromatic rings. The summed E-state index contributed by atoms with van der Waals surface area (Å²) in [7, 11) is 0. The van der Waals surface area contributed by atoms with E-state index < -0.39 is 0 Å². The van der Waals surface area contributed by atoms with Gasteiger partial charge in [0.05, 0.1) is 11.3 Å². The minimum atomic E-state index is -0.275. The number of benzene rings is 3. The number of nitrogens with zero attached hydrogens (tertiary/aromatic N) is 2. The molecular formula is C29H28N2O3. The summed E-state index contributed by atoms with van der Waals surface area (Å²) in [4.78, 5) is 30.7. The van der Waals surface area contributed by atoms with Crippen LogP contribution in [0.15, 0.2) is 90.6 Å². The summed E-state index contributed by atoms with van der Waals surface area (Å²) in [6.45, 7) is 4.26. The minimum Gasteiger partial charge on any atom is -0.489 e. The van der Waals surface area contributed by atoms with Crippen molar-refractivity contribution in [2.75, 3.05) is 18.0 Å². The summed E-state index contributed by atoms with van der Waals surface area (Å²) in [6.07, 6.45) is 2.03. The van der Waals surface area contributed by atoms with Gasteiger partial charge in [-0.15, -0.1) is 0 Å². The van der Waals surface area contributed by atoms with E-state index in [0.29, 0.717) is 35.2 Å². The van der Waals surface area contributed by atoms with Crippen molar-refractivity contribution in [2.45, 2.75) is 26.4 Å². The fraction of sp³-hybridized carbons (Fsp3) is 0.241. The third-order valence-electron chi connectivity index (χ3n) is 6.56. The highest BCUT2D eigenvalue weighted by Gasteiger charge is 2.42. The first-order valence-electron chi connectivity index (χ1n) is 11.8. The monoisotopic (exact) mass is 452 g/mol. The highest BCUT2D eigenvalue weighted by atomic mass is 16.5. The number of hydrogen-bond donors (Lipinski definition) is 0. The van der Waals surface area contributed by atoms with Gasteiger partial charge in [-0.2, -0.15) is 0 Å². The van der Waals surface area contributed by atoms with E-state index in [-0.39, 0.29) is 11.8 Å². The zero-order valence-electron chi connectivity index (χ0n) is 19.3. The fourth-order valence-corrected chi connectivity index (χ4v) is 4.58. The fourth-order valence-electron chi connectivity index (χ4n) is 4.58. The predicted octanol–water partition coefficient (Wildman–Crippen LogP) is 5.28. The van der Waals surface area contributed by atoms with Crippen LogP contribution in [0.5, 0.6) is 5.75 Å². The van der Waals surface area contributed by atoms with Crippen LogP contribution < -0.4 is 9.64 Å². The van der Waals surface area contributed by atoms with Gasteiger partial charge in [0.15, 0.2) is 0 Å². The van der Waals surface area contributed by atoms with E-state index in [1.54, 1.807) is 12.1 Å². The summed E-state index contributed by atoms with van der Waals surface area (Å²) < 4.78 is 5.87. The van der Waals surface area contributed by atoms with Crippen molar-refractivity contribution in [3.8, 4) is 5.75 Å². The van der Waals surface area contributed by atoms with Crippen LogP contribution in [-0.2, 0) is 16.2 Å². The molecule has 0 atom stereocenters. The molecule has 0 spiro atoms.